The van der Waals surface area contributed by atoms with E-state index in [1.165, 1.54) is 11.1 Å². The maximum Gasteiger partial charge on any atom is 0.128 e. The second-order valence-corrected chi connectivity index (χ2v) is 4.40. The summed E-state index contributed by atoms with van der Waals surface area (Å²) in [7, 11) is 0. The van der Waals surface area contributed by atoms with Crippen LogP contribution in [0.2, 0.25) is 0 Å². The van der Waals surface area contributed by atoms with Crippen molar-refractivity contribution >= 4 is 11.5 Å². The molecule has 0 atom stereocenters. The molecule has 3 N–H and O–H groups in total. The molecule has 0 fully saturated rings. The van der Waals surface area contributed by atoms with Crippen LogP contribution < -0.4 is 11.1 Å². The average Bonchev–Trinajstić information content (AvgIpc) is 2.40. The Morgan fingerprint density at radius 2 is 1.94 bits per heavy atom. The summed E-state index contributed by atoms with van der Waals surface area (Å²) in [6.45, 7) is 4.90. The van der Waals surface area contributed by atoms with E-state index in [-0.39, 0.29) is 0 Å². The third-order valence-electron chi connectivity index (χ3n) is 3.10. The van der Waals surface area contributed by atoms with Crippen molar-refractivity contribution in [2.24, 2.45) is 0 Å². The normalized spacial score (nSPS) is 10.3. The molecular weight excluding hydrogens is 222 g/mol. The molecule has 1 heterocycles. The molecule has 1 aromatic carbocycles. The van der Waals surface area contributed by atoms with Crippen molar-refractivity contribution in [3.05, 3.63) is 53.2 Å². The van der Waals surface area contributed by atoms with Gasteiger partial charge in [0.25, 0.3) is 0 Å². The van der Waals surface area contributed by atoms with Gasteiger partial charge in [-0.2, -0.15) is 0 Å². The lowest BCUT2D eigenvalue weighted by atomic mass is 10.1. The number of hydrogen-bond acceptors (Lipinski definition) is 3. The average molecular weight is 241 g/mol. The number of aryl methyl sites for hydroxylation is 2. The second-order valence-electron chi connectivity index (χ2n) is 4.40. The Hall–Kier alpha value is -2.03. The molecule has 94 valence electrons. The van der Waals surface area contributed by atoms with Crippen molar-refractivity contribution in [2.45, 2.75) is 26.8 Å². The van der Waals surface area contributed by atoms with Gasteiger partial charge in [-0.1, -0.05) is 31.2 Å². The van der Waals surface area contributed by atoms with E-state index >= 15 is 0 Å². The van der Waals surface area contributed by atoms with Crippen molar-refractivity contribution in [3.63, 3.8) is 0 Å². The van der Waals surface area contributed by atoms with E-state index in [2.05, 4.69) is 41.5 Å². The Labute approximate surface area is 108 Å². The van der Waals surface area contributed by atoms with E-state index in [1.54, 1.807) is 6.20 Å². The molecule has 18 heavy (non-hydrogen) atoms. The van der Waals surface area contributed by atoms with Gasteiger partial charge in [-0.05, 0) is 30.0 Å². The number of hydrogen-bond donors (Lipinski definition) is 2. The lowest BCUT2D eigenvalue weighted by Crippen LogP contribution is -2.04. The van der Waals surface area contributed by atoms with Crippen LogP contribution in [0.1, 0.15) is 23.6 Å². The second kappa shape index (κ2) is 5.54. The fourth-order valence-electron chi connectivity index (χ4n) is 1.90. The van der Waals surface area contributed by atoms with Gasteiger partial charge < -0.3 is 11.1 Å². The predicted octanol–water partition coefficient (Wildman–Crippen LogP) is 3.15. The van der Waals surface area contributed by atoms with Crippen molar-refractivity contribution in [3.8, 4) is 0 Å². The number of nitrogen functional groups attached to an aromatic ring is 1. The van der Waals surface area contributed by atoms with E-state index in [0.717, 1.165) is 30.0 Å². The molecule has 3 heteroatoms. The Balaban J connectivity index is 2.09. The first-order chi connectivity index (χ1) is 8.70. The molecule has 3 nitrogen and oxygen atoms in total. The maximum atomic E-state index is 5.87. The molecule has 0 unspecified atom stereocenters. The first-order valence-electron chi connectivity index (χ1n) is 6.23. The fraction of sp³-hybridized carbons (Fsp3) is 0.267. The molecule has 0 amide bonds. The first-order valence-corrected chi connectivity index (χ1v) is 6.23. The maximum absolute atomic E-state index is 5.87. The highest BCUT2D eigenvalue weighted by atomic mass is 15.0. The minimum absolute atomic E-state index is 0.774. The van der Waals surface area contributed by atoms with Gasteiger partial charge >= 0.3 is 0 Å². The predicted molar refractivity (Wildman–Crippen MR) is 76.5 cm³/mol. The summed E-state index contributed by atoms with van der Waals surface area (Å²) < 4.78 is 0. The molecule has 0 saturated carbocycles. The molecule has 1 aromatic heterocycles. The molecule has 0 radical (unpaired) electrons. The van der Waals surface area contributed by atoms with Crippen LogP contribution in [0.4, 0.5) is 11.5 Å². The number of nitrogens with two attached hydrogens (primary N) is 1. The van der Waals surface area contributed by atoms with E-state index in [4.69, 9.17) is 5.73 Å². The molecule has 0 aliphatic rings. The minimum atomic E-state index is 0.774. The van der Waals surface area contributed by atoms with Gasteiger partial charge in [0.15, 0.2) is 0 Å². The van der Waals surface area contributed by atoms with Gasteiger partial charge in [0.2, 0.25) is 0 Å². The lowest BCUT2D eigenvalue weighted by Gasteiger charge is -2.10. The third-order valence-corrected chi connectivity index (χ3v) is 3.10. The molecule has 0 bridgehead atoms. The Morgan fingerprint density at radius 1 is 1.22 bits per heavy atom. The van der Waals surface area contributed by atoms with Crippen LogP contribution in [0.25, 0.3) is 0 Å². The van der Waals surface area contributed by atoms with Crippen LogP contribution in [-0.2, 0) is 13.0 Å². The quantitative estimate of drug-likeness (QED) is 0.864. The Morgan fingerprint density at radius 3 is 2.61 bits per heavy atom. The fourth-order valence-corrected chi connectivity index (χ4v) is 1.90. The van der Waals surface area contributed by atoms with E-state index in [9.17, 15) is 0 Å². The van der Waals surface area contributed by atoms with Crippen molar-refractivity contribution in [1.29, 1.82) is 0 Å². The van der Waals surface area contributed by atoms with E-state index in [0.29, 0.717) is 0 Å². The highest BCUT2D eigenvalue weighted by molar-refractivity contribution is 5.53. The van der Waals surface area contributed by atoms with E-state index < -0.39 is 0 Å². The number of pyridine rings is 1. The summed E-state index contributed by atoms with van der Waals surface area (Å²) in [5.41, 5.74) is 10.3. The summed E-state index contributed by atoms with van der Waals surface area (Å²) >= 11 is 0. The molecule has 0 aliphatic carbocycles. The number of rotatable bonds is 4. The summed E-state index contributed by atoms with van der Waals surface area (Å²) in [5, 5.41) is 3.31. The molecule has 2 aromatic rings. The zero-order valence-electron chi connectivity index (χ0n) is 10.9. The van der Waals surface area contributed by atoms with Crippen LogP contribution in [0.5, 0.6) is 0 Å². The SMILES string of the molecule is CCc1ccccc1CNc1cc(N)c(C)cn1. The topological polar surface area (TPSA) is 50.9 Å². The largest absolute Gasteiger partial charge is 0.398 e. The monoisotopic (exact) mass is 241 g/mol. The van der Waals surface area contributed by atoms with Gasteiger partial charge in [0, 0.05) is 24.5 Å². The number of aromatic nitrogens is 1. The van der Waals surface area contributed by atoms with Crippen LogP contribution in [0, 0.1) is 6.92 Å². The molecule has 0 spiro atoms. The molecule has 2 rings (SSSR count). The van der Waals surface area contributed by atoms with Crippen LogP contribution in [0.3, 0.4) is 0 Å². The molecular formula is C15H19N3. The van der Waals surface area contributed by atoms with Crippen LogP contribution >= 0.6 is 0 Å². The van der Waals surface area contributed by atoms with Gasteiger partial charge in [-0.3, -0.25) is 0 Å². The smallest absolute Gasteiger partial charge is 0.128 e. The van der Waals surface area contributed by atoms with Gasteiger partial charge in [-0.15, -0.1) is 0 Å². The van der Waals surface area contributed by atoms with E-state index in [1.807, 2.05) is 13.0 Å². The van der Waals surface area contributed by atoms with Crippen LogP contribution in [0.15, 0.2) is 36.5 Å². The number of nitrogens with zero attached hydrogens (tertiary/aromatic N) is 1. The standard InChI is InChI=1S/C15H19N3/c1-3-12-6-4-5-7-13(12)10-18-15-8-14(16)11(2)9-17-15/h4-9H,3,10H2,1-2H3,(H3,16,17,18). The minimum Gasteiger partial charge on any atom is -0.398 e. The van der Waals surface area contributed by atoms with Crippen molar-refractivity contribution < 1.29 is 0 Å². The zero-order chi connectivity index (χ0) is 13.0. The summed E-state index contributed by atoms with van der Waals surface area (Å²) in [6.07, 6.45) is 2.84. The molecule has 0 aliphatic heterocycles. The summed E-state index contributed by atoms with van der Waals surface area (Å²) in [5.74, 6) is 0.823. The highest BCUT2D eigenvalue weighted by Gasteiger charge is 2.01. The Kier molecular flexibility index (Phi) is 3.82. The lowest BCUT2D eigenvalue weighted by molar-refractivity contribution is 1.03. The zero-order valence-corrected chi connectivity index (χ0v) is 10.9. The van der Waals surface area contributed by atoms with Crippen LogP contribution in [-0.4, -0.2) is 4.98 Å². The molecule has 0 saturated heterocycles. The van der Waals surface area contributed by atoms with Crippen molar-refractivity contribution in [2.75, 3.05) is 11.1 Å². The summed E-state index contributed by atoms with van der Waals surface area (Å²) in [4.78, 5) is 4.32. The number of nitrogens with one attached hydrogen (secondary N) is 1. The summed E-state index contributed by atoms with van der Waals surface area (Å²) in [6, 6.07) is 10.3. The van der Waals surface area contributed by atoms with Crippen molar-refractivity contribution in [1.82, 2.24) is 4.98 Å². The van der Waals surface area contributed by atoms with Gasteiger partial charge in [0.1, 0.15) is 5.82 Å². The number of benzene rings is 1. The first kappa shape index (κ1) is 12.4. The van der Waals surface area contributed by atoms with Gasteiger partial charge in [0.05, 0.1) is 0 Å². The number of anilines is 2. The Bertz CT molecular complexity index is 535. The van der Waals surface area contributed by atoms with Gasteiger partial charge in [-0.25, -0.2) is 4.98 Å². The highest BCUT2D eigenvalue weighted by Crippen LogP contribution is 2.16. The third kappa shape index (κ3) is 2.80.